The van der Waals surface area contributed by atoms with Crippen LogP contribution in [0, 0.1) is 5.41 Å². The third-order valence-electron chi connectivity index (χ3n) is 2.98. The number of alkyl halides is 3. The van der Waals surface area contributed by atoms with E-state index in [9.17, 15) is 13.2 Å². The van der Waals surface area contributed by atoms with Crippen molar-refractivity contribution in [1.29, 1.82) is 0 Å². The molecule has 1 unspecified atom stereocenters. The number of halogens is 3. The number of nitrogens with two attached hydrogens (primary N) is 1. The maximum atomic E-state index is 12.1. The van der Waals surface area contributed by atoms with E-state index in [1.807, 2.05) is 7.05 Å². The Kier molecular flexibility index (Phi) is 5.64. The normalized spacial score (nSPS) is 14.3. The number of likely N-dealkylation sites (N-methyl/N-ethyl adjacent to an activating group) is 1. The van der Waals surface area contributed by atoms with Gasteiger partial charge in [-0.25, -0.2) is 0 Å². The van der Waals surface area contributed by atoms with Gasteiger partial charge in [-0.1, -0.05) is 32.9 Å². The van der Waals surface area contributed by atoms with Crippen molar-refractivity contribution < 1.29 is 17.9 Å². The van der Waals surface area contributed by atoms with Gasteiger partial charge in [-0.2, -0.15) is 0 Å². The monoisotopic (exact) mass is 304 g/mol. The van der Waals surface area contributed by atoms with Crippen LogP contribution in [-0.2, 0) is 0 Å². The van der Waals surface area contributed by atoms with Crippen molar-refractivity contribution in [3.8, 4) is 5.75 Å². The summed E-state index contributed by atoms with van der Waals surface area (Å²) in [5.41, 5.74) is 6.80. The van der Waals surface area contributed by atoms with Crippen molar-refractivity contribution in [3.05, 3.63) is 29.8 Å². The Balaban J connectivity index is 2.82. The molecule has 0 radical (unpaired) electrons. The summed E-state index contributed by atoms with van der Waals surface area (Å²) < 4.78 is 40.3. The molecular weight excluding hydrogens is 281 g/mol. The zero-order valence-corrected chi connectivity index (χ0v) is 12.9. The van der Waals surface area contributed by atoms with Crippen LogP contribution < -0.4 is 10.5 Å². The Morgan fingerprint density at radius 3 is 2.05 bits per heavy atom. The zero-order chi connectivity index (χ0) is 16.3. The number of ether oxygens (including phenoxy) is 1. The lowest BCUT2D eigenvalue weighted by Crippen LogP contribution is -2.36. The van der Waals surface area contributed by atoms with Crippen LogP contribution in [0.3, 0.4) is 0 Å². The lowest BCUT2D eigenvalue weighted by Gasteiger charge is -2.33. The first-order chi connectivity index (χ1) is 9.52. The van der Waals surface area contributed by atoms with Gasteiger partial charge >= 0.3 is 6.36 Å². The van der Waals surface area contributed by atoms with Crippen LogP contribution in [0.1, 0.15) is 32.4 Å². The second-order valence-corrected chi connectivity index (χ2v) is 6.34. The second kappa shape index (κ2) is 6.66. The molecule has 0 aliphatic rings. The smallest absolute Gasteiger partial charge is 0.406 e. The Morgan fingerprint density at radius 1 is 1.14 bits per heavy atom. The second-order valence-electron chi connectivity index (χ2n) is 6.34. The quantitative estimate of drug-likeness (QED) is 0.904. The summed E-state index contributed by atoms with van der Waals surface area (Å²) >= 11 is 0. The summed E-state index contributed by atoms with van der Waals surface area (Å²) in [4.78, 5) is 2.11. The van der Waals surface area contributed by atoms with Crippen molar-refractivity contribution >= 4 is 0 Å². The molecule has 0 aliphatic heterocycles. The van der Waals surface area contributed by atoms with E-state index in [2.05, 4.69) is 30.4 Å². The van der Waals surface area contributed by atoms with Crippen LogP contribution in [-0.4, -0.2) is 31.4 Å². The molecule has 0 spiro atoms. The molecule has 120 valence electrons. The highest BCUT2D eigenvalue weighted by Gasteiger charge is 2.31. The Morgan fingerprint density at radius 2 is 1.67 bits per heavy atom. The molecule has 0 bridgehead atoms. The molecule has 0 aliphatic carbocycles. The predicted molar refractivity (Wildman–Crippen MR) is 77.0 cm³/mol. The minimum atomic E-state index is -4.67. The first-order valence-electron chi connectivity index (χ1n) is 6.78. The summed E-state index contributed by atoms with van der Waals surface area (Å²) in [5, 5.41) is 0. The molecule has 1 aromatic rings. The van der Waals surface area contributed by atoms with E-state index >= 15 is 0 Å². The highest BCUT2D eigenvalue weighted by Crippen LogP contribution is 2.27. The molecule has 1 rings (SSSR count). The molecule has 2 N–H and O–H groups in total. The number of nitrogens with zero attached hydrogens (tertiary/aromatic N) is 1. The van der Waals surface area contributed by atoms with E-state index < -0.39 is 6.36 Å². The molecule has 1 aromatic carbocycles. The molecule has 0 fully saturated rings. The third kappa shape index (κ3) is 6.35. The van der Waals surface area contributed by atoms with Crippen LogP contribution in [0.4, 0.5) is 13.2 Å². The van der Waals surface area contributed by atoms with Crippen LogP contribution in [0.25, 0.3) is 0 Å². The fraction of sp³-hybridized carbons (Fsp3) is 0.600. The lowest BCUT2D eigenvalue weighted by atomic mass is 9.94. The largest absolute Gasteiger partial charge is 0.573 e. The fourth-order valence-corrected chi connectivity index (χ4v) is 2.32. The van der Waals surface area contributed by atoms with Gasteiger partial charge in [-0.05, 0) is 30.2 Å². The van der Waals surface area contributed by atoms with Gasteiger partial charge in [-0.15, -0.1) is 13.2 Å². The average molecular weight is 304 g/mol. The van der Waals surface area contributed by atoms with Crippen LogP contribution in [0.5, 0.6) is 5.75 Å². The molecule has 1 atom stereocenters. The van der Waals surface area contributed by atoms with Crippen LogP contribution in [0.2, 0.25) is 0 Å². The fourth-order valence-electron chi connectivity index (χ4n) is 2.32. The average Bonchev–Trinajstić information content (AvgIpc) is 2.28. The van der Waals surface area contributed by atoms with Gasteiger partial charge in [0.25, 0.3) is 0 Å². The molecule has 0 aromatic heterocycles. The highest BCUT2D eigenvalue weighted by molar-refractivity contribution is 5.29. The number of hydrogen-bond acceptors (Lipinski definition) is 3. The highest BCUT2D eigenvalue weighted by atomic mass is 19.4. The Labute approximate surface area is 123 Å². The van der Waals surface area contributed by atoms with Gasteiger partial charge in [0.2, 0.25) is 0 Å². The Hall–Kier alpha value is -1.27. The van der Waals surface area contributed by atoms with E-state index in [1.165, 1.54) is 12.1 Å². The first kappa shape index (κ1) is 17.8. The summed E-state index contributed by atoms with van der Waals surface area (Å²) in [6, 6.07) is 5.84. The van der Waals surface area contributed by atoms with E-state index in [0.29, 0.717) is 6.54 Å². The predicted octanol–water partition coefficient (Wildman–Crippen LogP) is 3.56. The van der Waals surface area contributed by atoms with Crippen LogP contribution in [0.15, 0.2) is 24.3 Å². The first-order valence-corrected chi connectivity index (χ1v) is 6.78. The minimum absolute atomic E-state index is 0.0378. The van der Waals surface area contributed by atoms with Gasteiger partial charge in [-0.3, -0.25) is 4.90 Å². The van der Waals surface area contributed by atoms with E-state index in [0.717, 1.165) is 12.1 Å². The maximum Gasteiger partial charge on any atom is 0.573 e. The van der Waals surface area contributed by atoms with Gasteiger partial charge in [0.05, 0.1) is 0 Å². The topological polar surface area (TPSA) is 38.5 Å². The van der Waals surface area contributed by atoms with Gasteiger partial charge in [0.15, 0.2) is 0 Å². The molecule has 0 saturated heterocycles. The molecule has 0 amide bonds. The van der Waals surface area contributed by atoms with Crippen molar-refractivity contribution in [2.75, 3.05) is 20.1 Å². The van der Waals surface area contributed by atoms with Crippen molar-refractivity contribution in [1.82, 2.24) is 4.90 Å². The van der Waals surface area contributed by atoms with Gasteiger partial charge in [0, 0.05) is 19.1 Å². The summed E-state index contributed by atoms with van der Waals surface area (Å²) in [6.07, 6.45) is -4.67. The zero-order valence-electron chi connectivity index (χ0n) is 12.9. The lowest BCUT2D eigenvalue weighted by molar-refractivity contribution is -0.274. The summed E-state index contributed by atoms with van der Waals surface area (Å²) in [7, 11) is 1.96. The standard InChI is InChI=1S/C15H23F3N2O/c1-14(2,3)10-20(4)13(9-19)11-5-7-12(8-6-11)21-15(16,17)18/h5-8,13H,9-10,19H2,1-4H3. The van der Waals surface area contributed by atoms with Gasteiger partial charge < -0.3 is 10.5 Å². The van der Waals surface area contributed by atoms with Crippen LogP contribution >= 0.6 is 0 Å². The molecule has 0 heterocycles. The van der Waals surface area contributed by atoms with Crippen molar-refractivity contribution in [2.24, 2.45) is 11.1 Å². The maximum absolute atomic E-state index is 12.1. The third-order valence-corrected chi connectivity index (χ3v) is 2.98. The van der Waals surface area contributed by atoms with E-state index in [-0.39, 0.29) is 17.2 Å². The summed E-state index contributed by atoms with van der Waals surface area (Å²) in [6.45, 7) is 7.59. The Bertz CT molecular complexity index is 438. The number of hydrogen-bond donors (Lipinski definition) is 1. The van der Waals surface area contributed by atoms with E-state index in [1.54, 1.807) is 12.1 Å². The number of benzene rings is 1. The van der Waals surface area contributed by atoms with Gasteiger partial charge in [0.1, 0.15) is 5.75 Å². The molecule has 3 nitrogen and oxygen atoms in total. The van der Waals surface area contributed by atoms with Crippen molar-refractivity contribution in [3.63, 3.8) is 0 Å². The SMILES string of the molecule is CN(CC(C)(C)C)C(CN)c1ccc(OC(F)(F)F)cc1. The van der Waals surface area contributed by atoms with E-state index in [4.69, 9.17) is 5.73 Å². The minimum Gasteiger partial charge on any atom is -0.406 e. The number of rotatable bonds is 5. The molecule has 21 heavy (non-hydrogen) atoms. The molecule has 6 heteroatoms. The van der Waals surface area contributed by atoms with Crippen molar-refractivity contribution in [2.45, 2.75) is 33.2 Å². The molecule has 0 saturated carbocycles. The summed E-state index contributed by atoms with van der Waals surface area (Å²) in [5.74, 6) is -0.222. The molecular formula is C15H23F3N2O.